The summed E-state index contributed by atoms with van der Waals surface area (Å²) in [6, 6.07) is 0. The van der Waals surface area contributed by atoms with E-state index >= 15 is 0 Å². The lowest BCUT2D eigenvalue weighted by Crippen LogP contribution is -2.28. The Morgan fingerprint density at radius 1 is 1.29 bits per heavy atom. The van der Waals surface area contributed by atoms with Crippen LogP contribution in [0.2, 0.25) is 0 Å². The third-order valence-corrected chi connectivity index (χ3v) is 3.68. The predicted molar refractivity (Wildman–Crippen MR) is 71.9 cm³/mol. The first-order valence-corrected chi connectivity index (χ1v) is 7.19. The Kier molecular flexibility index (Phi) is 7.25. The fraction of sp³-hybridized carbons (Fsp3) is 0.929. The molecule has 0 aliphatic heterocycles. The number of amides is 1. The minimum atomic E-state index is 0.159. The van der Waals surface area contributed by atoms with Crippen LogP contribution < -0.4 is 10.6 Å². The predicted octanol–water partition coefficient (Wildman–Crippen LogP) is 2.32. The van der Waals surface area contributed by atoms with Gasteiger partial charge in [0.15, 0.2) is 0 Å². The Labute approximate surface area is 106 Å². The summed E-state index contributed by atoms with van der Waals surface area (Å²) in [4.78, 5) is 11.2. The molecule has 0 radical (unpaired) electrons. The van der Waals surface area contributed by atoms with E-state index in [1.54, 1.807) is 0 Å². The molecule has 1 aliphatic carbocycles. The minimum Gasteiger partial charge on any atom is -0.356 e. The van der Waals surface area contributed by atoms with Gasteiger partial charge in [-0.15, -0.1) is 0 Å². The Hall–Kier alpha value is -0.570. The fourth-order valence-electron chi connectivity index (χ4n) is 2.74. The van der Waals surface area contributed by atoms with E-state index in [-0.39, 0.29) is 5.91 Å². The summed E-state index contributed by atoms with van der Waals surface area (Å²) in [6.07, 6.45) is 7.51. The zero-order chi connectivity index (χ0) is 12.5. The van der Waals surface area contributed by atoms with Crippen molar-refractivity contribution in [1.29, 1.82) is 0 Å². The molecule has 0 saturated heterocycles. The molecular weight excluding hydrogens is 212 g/mol. The van der Waals surface area contributed by atoms with Crippen LogP contribution in [0.15, 0.2) is 0 Å². The van der Waals surface area contributed by atoms with Crippen LogP contribution in [-0.4, -0.2) is 25.5 Å². The van der Waals surface area contributed by atoms with Gasteiger partial charge in [-0.05, 0) is 38.1 Å². The van der Waals surface area contributed by atoms with Crippen LogP contribution in [0.3, 0.4) is 0 Å². The summed E-state index contributed by atoms with van der Waals surface area (Å²) in [5.74, 6) is 1.99. The molecule has 1 amide bonds. The molecule has 17 heavy (non-hydrogen) atoms. The molecule has 2 unspecified atom stereocenters. The topological polar surface area (TPSA) is 41.1 Å². The maximum atomic E-state index is 11.2. The molecule has 2 atom stereocenters. The highest BCUT2D eigenvalue weighted by atomic mass is 16.1. The summed E-state index contributed by atoms with van der Waals surface area (Å²) in [5.41, 5.74) is 0. The van der Waals surface area contributed by atoms with E-state index in [9.17, 15) is 4.79 Å². The smallest absolute Gasteiger partial charge is 0.221 e. The van der Waals surface area contributed by atoms with Crippen molar-refractivity contribution < 1.29 is 4.79 Å². The van der Waals surface area contributed by atoms with E-state index in [0.29, 0.717) is 6.42 Å². The molecule has 0 bridgehead atoms. The van der Waals surface area contributed by atoms with Crippen LogP contribution in [0, 0.1) is 11.8 Å². The van der Waals surface area contributed by atoms with Crippen LogP contribution in [0.4, 0.5) is 0 Å². The molecule has 0 spiro atoms. The Morgan fingerprint density at radius 3 is 2.82 bits per heavy atom. The van der Waals surface area contributed by atoms with Gasteiger partial charge in [0.2, 0.25) is 5.91 Å². The molecule has 1 rings (SSSR count). The molecule has 3 heteroatoms. The molecule has 0 aromatic heterocycles. The van der Waals surface area contributed by atoms with Crippen molar-refractivity contribution in [2.45, 2.75) is 52.4 Å². The molecule has 0 aromatic carbocycles. The van der Waals surface area contributed by atoms with Gasteiger partial charge in [0.1, 0.15) is 0 Å². The zero-order valence-corrected chi connectivity index (χ0v) is 11.4. The zero-order valence-electron chi connectivity index (χ0n) is 11.4. The summed E-state index contributed by atoms with van der Waals surface area (Å²) in [5, 5.41) is 6.19. The second-order valence-electron chi connectivity index (χ2n) is 5.38. The number of rotatable bonds is 7. The van der Waals surface area contributed by atoms with Gasteiger partial charge >= 0.3 is 0 Å². The third-order valence-electron chi connectivity index (χ3n) is 3.68. The lowest BCUT2D eigenvalue weighted by molar-refractivity contribution is -0.120. The number of carbonyl (C=O) groups excluding carboxylic acids is 1. The lowest BCUT2D eigenvalue weighted by Gasteiger charge is -2.26. The largest absolute Gasteiger partial charge is 0.356 e. The van der Waals surface area contributed by atoms with E-state index in [4.69, 9.17) is 0 Å². The van der Waals surface area contributed by atoms with Crippen LogP contribution in [0.1, 0.15) is 52.4 Å². The van der Waals surface area contributed by atoms with Gasteiger partial charge in [0.25, 0.3) is 0 Å². The lowest BCUT2D eigenvalue weighted by atomic mass is 9.81. The van der Waals surface area contributed by atoms with Gasteiger partial charge in [0, 0.05) is 19.5 Å². The van der Waals surface area contributed by atoms with Crippen LogP contribution >= 0.6 is 0 Å². The maximum Gasteiger partial charge on any atom is 0.221 e. The van der Waals surface area contributed by atoms with Crippen LogP contribution in [0.5, 0.6) is 0 Å². The van der Waals surface area contributed by atoms with Gasteiger partial charge in [-0.3, -0.25) is 4.79 Å². The van der Waals surface area contributed by atoms with Gasteiger partial charge in [0.05, 0.1) is 0 Å². The highest BCUT2D eigenvalue weighted by molar-refractivity contribution is 5.75. The molecule has 1 saturated carbocycles. The van der Waals surface area contributed by atoms with Crippen molar-refractivity contribution in [2.24, 2.45) is 11.8 Å². The Morgan fingerprint density at radius 2 is 2.12 bits per heavy atom. The molecule has 2 N–H and O–H groups in total. The molecule has 1 fully saturated rings. The average molecular weight is 240 g/mol. The second-order valence-corrected chi connectivity index (χ2v) is 5.38. The highest BCUT2D eigenvalue weighted by Gasteiger charge is 2.17. The van der Waals surface area contributed by atoms with Crippen LogP contribution in [-0.2, 0) is 4.79 Å². The molecule has 0 heterocycles. The average Bonchev–Trinajstić information content (AvgIpc) is 2.29. The van der Waals surface area contributed by atoms with Crippen molar-refractivity contribution in [1.82, 2.24) is 10.6 Å². The second kappa shape index (κ2) is 8.51. The number of nitrogens with one attached hydrogen (secondary N) is 2. The van der Waals surface area contributed by atoms with Crippen molar-refractivity contribution >= 4 is 5.91 Å². The van der Waals surface area contributed by atoms with Crippen molar-refractivity contribution in [2.75, 3.05) is 19.6 Å². The van der Waals surface area contributed by atoms with E-state index in [0.717, 1.165) is 31.5 Å². The van der Waals surface area contributed by atoms with Crippen LogP contribution in [0.25, 0.3) is 0 Å². The highest BCUT2D eigenvalue weighted by Crippen LogP contribution is 2.30. The normalized spacial score (nSPS) is 24.6. The first kappa shape index (κ1) is 14.5. The molecule has 100 valence electrons. The molecule has 0 aromatic rings. The van der Waals surface area contributed by atoms with Crippen molar-refractivity contribution in [3.05, 3.63) is 0 Å². The van der Waals surface area contributed by atoms with E-state index < -0.39 is 0 Å². The van der Waals surface area contributed by atoms with Gasteiger partial charge < -0.3 is 10.6 Å². The van der Waals surface area contributed by atoms with Gasteiger partial charge in [-0.1, -0.05) is 26.2 Å². The van der Waals surface area contributed by atoms with E-state index in [1.807, 2.05) is 6.92 Å². The monoisotopic (exact) mass is 240 g/mol. The molecule has 1 aliphatic rings. The summed E-state index contributed by atoms with van der Waals surface area (Å²) < 4.78 is 0. The number of hydrogen-bond donors (Lipinski definition) is 2. The van der Waals surface area contributed by atoms with Gasteiger partial charge in [-0.2, -0.15) is 0 Å². The quantitative estimate of drug-likeness (QED) is 0.671. The molecular formula is C14H28N2O. The molecule has 3 nitrogen and oxygen atoms in total. The maximum absolute atomic E-state index is 11.2. The van der Waals surface area contributed by atoms with Gasteiger partial charge in [-0.25, -0.2) is 0 Å². The van der Waals surface area contributed by atoms with Crippen molar-refractivity contribution in [3.8, 4) is 0 Å². The first-order chi connectivity index (χ1) is 8.22. The number of hydrogen-bond acceptors (Lipinski definition) is 2. The van der Waals surface area contributed by atoms with E-state index in [2.05, 4.69) is 17.6 Å². The van der Waals surface area contributed by atoms with Crippen molar-refractivity contribution in [3.63, 3.8) is 0 Å². The Bertz CT molecular complexity index is 218. The first-order valence-electron chi connectivity index (χ1n) is 7.19. The third kappa shape index (κ3) is 6.67. The summed E-state index contributed by atoms with van der Waals surface area (Å²) in [7, 11) is 0. The van der Waals surface area contributed by atoms with E-state index in [1.165, 1.54) is 32.1 Å². The standard InChI is InChI=1S/C14H28N2O/c1-3-16-14(17)8-10-15-9-7-13-6-4-5-12(2)11-13/h12-13,15H,3-11H2,1-2H3,(H,16,17). The summed E-state index contributed by atoms with van der Waals surface area (Å²) in [6.45, 7) is 6.94. The fourth-order valence-corrected chi connectivity index (χ4v) is 2.74. The minimum absolute atomic E-state index is 0.159. The number of carbonyl (C=O) groups is 1. The summed E-state index contributed by atoms with van der Waals surface area (Å²) >= 11 is 0. The Balaban J connectivity index is 1.95. The SMILES string of the molecule is CCNC(=O)CCNCCC1CCCC(C)C1.